The highest BCUT2D eigenvalue weighted by Gasteiger charge is 2.33. The Bertz CT molecular complexity index is 483. The number of amides is 1. The summed E-state index contributed by atoms with van der Waals surface area (Å²) in [5.41, 5.74) is 0. The van der Waals surface area contributed by atoms with Crippen LogP contribution < -0.4 is 0 Å². The van der Waals surface area contributed by atoms with E-state index < -0.39 is 0 Å². The van der Waals surface area contributed by atoms with Crippen LogP contribution >= 0.6 is 11.3 Å². The topological polar surface area (TPSA) is 56.7 Å². The summed E-state index contributed by atoms with van der Waals surface area (Å²) < 4.78 is 0. The number of carbonyl (C=O) groups excluding carboxylic acids is 1. The van der Waals surface area contributed by atoms with Crippen molar-refractivity contribution in [3.8, 4) is 0 Å². The molecule has 1 saturated heterocycles. The van der Waals surface area contributed by atoms with Gasteiger partial charge >= 0.3 is 0 Å². The first-order chi connectivity index (χ1) is 9.65. The van der Waals surface area contributed by atoms with Crippen LogP contribution in [0.15, 0.2) is 6.20 Å². The first-order valence-electron chi connectivity index (χ1n) is 7.29. The first-order valence-corrected chi connectivity index (χ1v) is 8.10. The van der Waals surface area contributed by atoms with Crippen LogP contribution in [0.4, 0.5) is 0 Å². The number of thiazole rings is 1. The van der Waals surface area contributed by atoms with Gasteiger partial charge in [-0.2, -0.15) is 0 Å². The fourth-order valence-electron chi connectivity index (χ4n) is 3.22. The first kappa shape index (κ1) is 14.0. The van der Waals surface area contributed by atoms with Crippen LogP contribution in [0.25, 0.3) is 0 Å². The molecular weight excluding hydrogens is 274 g/mol. The molecular formula is C14H21N3O2S. The fraction of sp³-hybridized carbons (Fsp3) is 0.714. The van der Waals surface area contributed by atoms with E-state index in [1.165, 1.54) is 11.3 Å². The number of carbonyl (C=O) groups is 1. The number of rotatable bonds is 2. The molecule has 2 atom stereocenters. The molecule has 110 valence electrons. The summed E-state index contributed by atoms with van der Waals surface area (Å²) in [4.78, 5) is 21.5. The van der Waals surface area contributed by atoms with E-state index in [1.54, 1.807) is 6.20 Å². The summed E-state index contributed by atoms with van der Waals surface area (Å²) in [6, 6.07) is 0.304. The van der Waals surface area contributed by atoms with Crippen LogP contribution in [0.5, 0.6) is 0 Å². The van der Waals surface area contributed by atoms with Crippen LogP contribution in [0.2, 0.25) is 0 Å². The number of aromatic nitrogens is 1. The molecule has 5 nitrogen and oxygen atoms in total. The summed E-state index contributed by atoms with van der Waals surface area (Å²) >= 11 is 1.46. The molecule has 1 saturated carbocycles. The third kappa shape index (κ3) is 2.73. The number of aryl methyl sites for hydroxylation is 1. The largest absolute Gasteiger partial charge is 0.391 e. The molecule has 20 heavy (non-hydrogen) atoms. The highest BCUT2D eigenvalue weighted by Crippen LogP contribution is 2.25. The zero-order valence-corrected chi connectivity index (χ0v) is 12.6. The van der Waals surface area contributed by atoms with Crippen molar-refractivity contribution < 1.29 is 9.90 Å². The highest BCUT2D eigenvalue weighted by molar-refractivity contribution is 7.13. The number of aliphatic hydroxyl groups is 1. The molecule has 2 heterocycles. The van der Waals surface area contributed by atoms with Gasteiger partial charge < -0.3 is 10.0 Å². The molecule has 0 unspecified atom stereocenters. The van der Waals surface area contributed by atoms with Crippen LogP contribution in [0, 0.1) is 6.92 Å². The summed E-state index contributed by atoms with van der Waals surface area (Å²) in [7, 11) is 0. The Balaban J connectivity index is 1.57. The van der Waals surface area contributed by atoms with Crippen molar-refractivity contribution >= 4 is 17.2 Å². The molecule has 1 aromatic heterocycles. The smallest absolute Gasteiger partial charge is 0.265 e. The van der Waals surface area contributed by atoms with Crippen molar-refractivity contribution in [2.24, 2.45) is 0 Å². The predicted octanol–water partition coefficient (Wildman–Crippen LogP) is 1.12. The van der Waals surface area contributed by atoms with Crippen LogP contribution in [-0.2, 0) is 0 Å². The van der Waals surface area contributed by atoms with E-state index in [2.05, 4.69) is 9.88 Å². The minimum atomic E-state index is -0.179. The minimum Gasteiger partial charge on any atom is -0.391 e. The van der Waals surface area contributed by atoms with Gasteiger partial charge in [0, 0.05) is 32.2 Å². The predicted molar refractivity (Wildman–Crippen MR) is 78.0 cm³/mol. The molecule has 3 rings (SSSR count). The Hall–Kier alpha value is -0.980. The minimum absolute atomic E-state index is 0.0993. The quantitative estimate of drug-likeness (QED) is 0.888. The van der Waals surface area contributed by atoms with Gasteiger partial charge in [-0.05, 0) is 26.2 Å². The van der Waals surface area contributed by atoms with E-state index in [-0.39, 0.29) is 12.0 Å². The second-order valence-corrected chi connectivity index (χ2v) is 6.87. The molecule has 1 amide bonds. The number of aliphatic hydroxyl groups excluding tert-OH is 1. The molecule has 0 spiro atoms. The van der Waals surface area contributed by atoms with Gasteiger partial charge in [-0.3, -0.25) is 9.69 Å². The van der Waals surface area contributed by atoms with Crippen molar-refractivity contribution in [1.29, 1.82) is 0 Å². The van der Waals surface area contributed by atoms with Gasteiger partial charge in [0.15, 0.2) is 0 Å². The van der Waals surface area contributed by atoms with Gasteiger partial charge in [-0.1, -0.05) is 0 Å². The molecule has 2 fully saturated rings. The molecule has 1 N–H and O–H groups in total. The van der Waals surface area contributed by atoms with E-state index in [0.717, 1.165) is 55.3 Å². The van der Waals surface area contributed by atoms with E-state index in [4.69, 9.17) is 0 Å². The van der Waals surface area contributed by atoms with Crippen LogP contribution in [0.3, 0.4) is 0 Å². The summed E-state index contributed by atoms with van der Waals surface area (Å²) in [5.74, 6) is 0.0993. The third-order valence-corrected chi connectivity index (χ3v) is 5.25. The maximum atomic E-state index is 12.3. The van der Waals surface area contributed by atoms with Crippen LogP contribution in [-0.4, -0.2) is 64.1 Å². The standard InChI is InChI=1S/C14H21N3O2S/c1-10-15-9-13(20-10)14(19)17-7-5-16(6-8-17)11-3-2-4-12(11)18/h9,11-12,18H,2-8H2,1H3/t11-,12+/m0/s1. The molecule has 0 radical (unpaired) electrons. The van der Waals surface area contributed by atoms with Gasteiger partial charge in [-0.15, -0.1) is 11.3 Å². The number of nitrogens with zero attached hydrogens (tertiary/aromatic N) is 3. The summed E-state index contributed by atoms with van der Waals surface area (Å²) in [6.07, 6.45) is 4.62. The van der Waals surface area contributed by atoms with Crippen molar-refractivity contribution in [3.05, 3.63) is 16.1 Å². The lowest BCUT2D eigenvalue weighted by Crippen LogP contribution is -2.53. The average Bonchev–Trinajstić information content (AvgIpc) is 3.07. The van der Waals surface area contributed by atoms with Gasteiger partial charge in [0.2, 0.25) is 0 Å². The molecule has 0 aromatic carbocycles. The normalized spacial score (nSPS) is 28.0. The Morgan fingerprint density at radius 1 is 1.35 bits per heavy atom. The van der Waals surface area contributed by atoms with Gasteiger partial charge in [0.1, 0.15) is 4.88 Å². The molecule has 1 aliphatic carbocycles. The van der Waals surface area contributed by atoms with E-state index in [9.17, 15) is 9.90 Å². The highest BCUT2D eigenvalue weighted by atomic mass is 32.1. The molecule has 1 aromatic rings. The van der Waals surface area contributed by atoms with Crippen molar-refractivity contribution in [2.75, 3.05) is 26.2 Å². The maximum absolute atomic E-state index is 12.3. The SMILES string of the molecule is Cc1ncc(C(=O)N2CCN([C@H]3CCC[C@H]3O)CC2)s1. The Morgan fingerprint density at radius 3 is 2.65 bits per heavy atom. The van der Waals surface area contributed by atoms with Crippen molar-refractivity contribution in [1.82, 2.24) is 14.8 Å². The molecule has 2 aliphatic rings. The molecule has 6 heteroatoms. The van der Waals surface area contributed by atoms with Crippen molar-refractivity contribution in [2.45, 2.75) is 38.3 Å². The summed E-state index contributed by atoms with van der Waals surface area (Å²) in [5, 5.41) is 10.9. The average molecular weight is 295 g/mol. The van der Waals surface area contributed by atoms with Crippen molar-refractivity contribution in [3.63, 3.8) is 0 Å². The second kappa shape index (κ2) is 5.79. The molecule has 1 aliphatic heterocycles. The number of hydrogen-bond acceptors (Lipinski definition) is 5. The monoisotopic (exact) mass is 295 g/mol. The number of piperazine rings is 1. The maximum Gasteiger partial charge on any atom is 0.265 e. The number of hydrogen-bond donors (Lipinski definition) is 1. The van der Waals surface area contributed by atoms with Gasteiger partial charge in [0.05, 0.1) is 17.3 Å². The van der Waals surface area contributed by atoms with Gasteiger partial charge in [0.25, 0.3) is 5.91 Å². The van der Waals surface area contributed by atoms with E-state index in [0.29, 0.717) is 6.04 Å². The second-order valence-electron chi connectivity index (χ2n) is 5.64. The lowest BCUT2D eigenvalue weighted by Gasteiger charge is -2.38. The zero-order valence-electron chi connectivity index (χ0n) is 11.8. The van der Waals surface area contributed by atoms with E-state index >= 15 is 0 Å². The Labute approximate surface area is 123 Å². The van der Waals surface area contributed by atoms with Crippen LogP contribution in [0.1, 0.15) is 33.9 Å². The lowest BCUT2D eigenvalue weighted by molar-refractivity contribution is 0.0317. The van der Waals surface area contributed by atoms with Gasteiger partial charge in [-0.25, -0.2) is 4.98 Å². The zero-order chi connectivity index (χ0) is 14.1. The fourth-order valence-corrected chi connectivity index (χ4v) is 3.97. The summed E-state index contributed by atoms with van der Waals surface area (Å²) in [6.45, 7) is 5.15. The third-order valence-electron chi connectivity index (χ3n) is 4.35. The Morgan fingerprint density at radius 2 is 2.10 bits per heavy atom. The van der Waals surface area contributed by atoms with E-state index in [1.807, 2.05) is 11.8 Å². The Kier molecular flexibility index (Phi) is 4.05. The lowest BCUT2D eigenvalue weighted by atomic mass is 10.1. The molecule has 0 bridgehead atoms.